The van der Waals surface area contributed by atoms with Gasteiger partial charge in [0.25, 0.3) is 0 Å². The highest BCUT2D eigenvalue weighted by Gasteiger charge is 2.32. The first-order valence-electron chi connectivity index (χ1n) is 6.25. The van der Waals surface area contributed by atoms with Crippen LogP contribution in [0.25, 0.3) is 0 Å². The Morgan fingerprint density at radius 3 is 2.65 bits per heavy atom. The number of nitrogens with one attached hydrogen (secondary N) is 3. The first kappa shape index (κ1) is 14.4. The maximum Gasteiger partial charge on any atom is 0.416 e. The van der Waals surface area contributed by atoms with E-state index in [4.69, 9.17) is 0 Å². The van der Waals surface area contributed by atoms with Crippen molar-refractivity contribution in [1.82, 2.24) is 10.3 Å². The Morgan fingerprint density at radius 1 is 1.40 bits per heavy atom. The van der Waals surface area contributed by atoms with E-state index in [1.807, 2.05) is 0 Å². The van der Waals surface area contributed by atoms with Crippen LogP contribution in [-0.4, -0.2) is 30.0 Å². The van der Waals surface area contributed by atoms with Crippen molar-refractivity contribution in [3.8, 4) is 0 Å². The summed E-state index contributed by atoms with van der Waals surface area (Å²) in [4.78, 5) is 15.1. The van der Waals surface area contributed by atoms with Crippen molar-refractivity contribution in [2.24, 2.45) is 0 Å². The molecule has 1 amide bonds. The minimum Gasteiger partial charge on any atom is -0.370 e. The van der Waals surface area contributed by atoms with Crippen LogP contribution in [0, 0.1) is 0 Å². The van der Waals surface area contributed by atoms with E-state index in [0.29, 0.717) is 13.1 Å². The molecule has 5 nitrogen and oxygen atoms in total. The summed E-state index contributed by atoms with van der Waals surface area (Å²) in [6, 6.07) is 1.67. The number of amides is 1. The van der Waals surface area contributed by atoms with Crippen molar-refractivity contribution in [3.63, 3.8) is 0 Å². The van der Waals surface area contributed by atoms with E-state index < -0.39 is 11.7 Å². The van der Waals surface area contributed by atoms with Crippen molar-refractivity contribution < 1.29 is 18.0 Å². The van der Waals surface area contributed by atoms with Crippen molar-refractivity contribution in [2.75, 3.05) is 23.7 Å². The second-order valence-electron chi connectivity index (χ2n) is 4.50. The summed E-state index contributed by atoms with van der Waals surface area (Å²) < 4.78 is 38.4. The average Bonchev–Trinajstić information content (AvgIpc) is 2.74. The molecule has 0 aliphatic carbocycles. The van der Waals surface area contributed by atoms with Gasteiger partial charge in [0.05, 0.1) is 11.6 Å². The molecule has 2 rings (SSSR count). The van der Waals surface area contributed by atoms with Crippen LogP contribution >= 0.6 is 0 Å². The van der Waals surface area contributed by atoms with Crippen LogP contribution in [0.1, 0.15) is 18.9 Å². The van der Waals surface area contributed by atoms with Crippen molar-refractivity contribution in [3.05, 3.63) is 17.7 Å². The smallest absolute Gasteiger partial charge is 0.370 e. The molecule has 0 aromatic carbocycles. The zero-order valence-electron chi connectivity index (χ0n) is 10.8. The second kappa shape index (κ2) is 5.56. The first-order valence-corrected chi connectivity index (χ1v) is 6.25. The van der Waals surface area contributed by atoms with Gasteiger partial charge in [-0.1, -0.05) is 0 Å². The molecule has 1 unspecified atom stereocenters. The molecule has 0 bridgehead atoms. The number of anilines is 2. The van der Waals surface area contributed by atoms with Gasteiger partial charge in [0.15, 0.2) is 0 Å². The van der Waals surface area contributed by atoms with Gasteiger partial charge in [-0.2, -0.15) is 13.2 Å². The Kier molecular flexibility index (Phi) is 4.01. The monoisotopic (exact) mass is 288 g/mol. The highest BCUT2D eigenvalue weighted by Crippen LogP contribution is 2.32. The average molecular weight is 288 g/mol. The van der Waals surface area contributed by atoms with E-state index in [2.05, 4.69) is 20.9 Å². The topological polar surface area (TPSA) is 66.0 Å². The highest BCUT2D eigenvalue weighted by atomic mass is 19.4. The van der Waals surface area contributed by atoms with Crippen molar-refractivity contribution in [2.45, 2.75) is 25.6 Å². The van der Waals surface area contributed by atoms with Crippen molar-refractivity contribution in [1.29, 1.82) is 0 Å². The number of hydrogen-bond acceptors (Lipinski definition) is 4. The molecular weight excluding hydrogens is 273 g/mol. The fraction of sp³-hybridized carbons (Fsp3) is 0.500. The number of rotatable bonds is 4. The van der Waals surface area contributed by atoms with Crippen LogP contribution in [0.2, 0.25) is 0 Å². The molecule has 8 heteroatoms. The Morgan fingerprint density at radius 2 is 2.10 bits per heavy atom. The summed E-state index contributed by atoms with van der Waals surface area (Å²) in [5.74, 6) is 0.140. The predicted molar refractivity (Wildman–Crippen MR) is 68.4 cm³/mol. The van der Waals surface area contributed by atoms with E-state index in [-0.39, 0.29) is 30.0 Å². The van der Waals surface area contributed by atoms with Gasteiger partial charge in [0.1, 0.15) is 11.6 Å². The van der Waals surface area contributed by atoms with E-state index in [9.17, 15) is 18.0 Å². The van der Waals surface area contributed by atoms with Crippen LogP contribution < -0.4 is 16.0 Å². The third kappa shape index (κ3) is 3.52. The highest BCUT2D eigenvalue weighted by molar-refractivity contribution is 5.79. The van der Waals surface area contributed by atoms with Gasteiger partial charge in [-0.25, -0.2) is 4.98 Å². The molecule has 20 heavy (non-hydrogen) atoms. The summed E-state index contributed by atoms with van der Waals surface area (Å²) in [7, 11) is 0. The van der Waals surface area contributed by atoms with Gasteiger partial charge in [0, 0.05) is 19.5 Å². The van der Waals surface area contributed by atoms with Gasteiger partial charge in [0.2, 0.25) is 5.91 Å². The Labute approximate surface area is 114 Å². The summed E-state index contributed by atoms with van der Waals surface area (Å²) in [6.07, 6.45) is -4.21. The molecule has 1 aliphatic rings. The third-order valence-electron chi connectivity index (χ3n) is 2.84. The lowest BCUT2D eigenvalue weighted by Crippen LogP contribution is -2.23. The minimum absolute atomic E-state index is 0.109. The largest absolute Gasteiger partial charge is 0.416 e. The zero-order chi connectivity index (χ0) is 14.8. The van der Waals surface area contributed by atoms with Gasteiger partial charge in [-0.15, -0.1) is 0 Å². The van der Waals surface area contributed by atoms with Crippen LogP contribution in [-0.2, 0) is 11.0 Å². The normalized spacial score (nSPS) is 18.8. The van der Waals surface area contributed by atoms with Crippen LogP contribution in [0.4, 0.5) is 24.8 Å². The molecule has 1 aromatic heterocycles. The van der Waals surface area contributed by atoms with Gasteiger partial charge in [-0.3, -0.25) is 4.79 Å². The van der Waals surface area contributed by atoms with Crippen LogP contribution in [0.5, 0.6) is 0 Å². The molecule has 1 aromatic rings. The number of carbonyl (C=O) groups excluding carboxylic acids is 1. The molecule has 1 atom stereocenters. The zero-order valence-corrected chi connectivity index (χ0v) is 10.8. The molecular formula is C12H15F3N4O. The lowest BCUT2D eigenvalue weighted by molar-refractivity contribution is -0.137. The minimum atomic E-state index is -4.44. The number of nitrogens with zero attached hydrogens (tertiary/aromatic N) is 1. The van der Waals surface area contributed by atoms with Crippen molar-refractivity contribution >= 4 is 17.5 Å². The van der Waals surface area contributed by atoms with Crippen LogP contribution in [0.3, 0.4) is 0 Å². The SMILES string of the molecule is CCNc1cc(C(F)(F)F)cc(NC2CNC(=O)C2)n1. The molecule has 1 saturated heterocycles. The maximum atomic E-state index is 12.8. The fourth-order valence-electron chi connectivity index (χ4n) is 1.96. The number of hydrogen-bond donors (Lipinski definition) is 3. The van der Waals surface area contributed by atoms with E-state index in [0.717, 1.165) is 12.1 Å². The molecule has 1 fully saturated rings. The van der Waals surface area contributed by atoms with E-state index >= 15 is 0 Å². The number of aromatic nitrogens is 1. The molecule has 1 aliphatic heterocycles. The fourth-order valence-corrected chi connectivity index (χ4v) is 1.96. The number of carbonyl (C=O) groups is 1. The summed E-state index contributed by atoms with van der Waals surface area (Å²) in [5.41, 5.74) is -0.775. The Hall–Kier alpha value is -1.99. The first-order chi connectivity index (χ1) is 9.38. The third-order valence-corrected chi connectivity index (χ3v) is 2.84. The molecule has 3 N–H and O–H groups in total. The molecule has 2 heterocycles. The molecule has 110 valence electrons. The van der Waals surface area contributed by atoms with Gasteiger partial charge < -0.3 is 16.0 Å². The number of alkyl halides is 3. The van der Waals surface area contributed by atoms with Gasteiger partial charge in [-0.05, 0) is 19.1 Å². The van der Waals surface area contributed by atoms with Crippen LogP contribution in [0.15, 0.2) is 12.1 Å². The lowest BCUT2D eigenvalue weighted by Gasteiger charge is -2.15. The lowest BCUT2D eigenvalue weighted by atomic mass is 10.2. The summed E-state index contributed by atoms with van der Waals surface area (Å²) in [6.45, 7) is 2.62. The molecule has 0 radical (unpaired) electrons. The number of pyridine rings is 1. The maximum absolute atomic E-state index is 12.8. The number of halogens is 3. The predicted octanol–water partition coefficient (Wildman–Crippen LogP) is 1.83. The standard InChI is InChI=1S/C12H15F3N4O/c1-2-16-9-3-7(12(13,14)15)4-10(19-9)18-8-5-11(20)17-6-8/h3-4,8H,2,5-6H2,1H3,(H,17,20)(H2,16,18,19). The Bertz CT molecular complexity index is 504. The summed E-state index contributed by atoms with van der Waals surface area (Å²) >= 11 is 0. The van der Waals surface area contributed by atoms with E-state index in [1.165, 1.54) is 0 Å². The summed E-state index contributed by atoms with van der Waals surface area (Å²) in [5, 5.41) is 8.22. The van der Waals surface area contributed by atoms with Gasteiger partial charge >= 0.3 is 6.18 Å². The quantitative estimate of drug-likeness (QED) is 0.791. The van der Waals surface area contributed by atoms with E-state index in [1.54, 1.807) is 6.92 Å². The Balaban J connectivity index is 2.22. The molecule has 0 saturated carbocycles. The molecule has 0 spiro atoms. The second-order valence-corrected chi connectivity index (χ2v) is 4.50.